The first kappa shape index (κ1) is 14.1. The van der Waals surface area contributed by atoms with Gasteiger partial charge >= 0.3 is 0 Å². The van der Waals surface area contributed by atoms with Crippen molar-refractivity contribution < 1.29 is 4.52 Å². The fourth-order valence-electron chi connectivity index (χ4n) is 1.95. The van der Waals surface area contributed by atoms with Gasteiger partial charge in [0.2, 0.25) is 5.89 Å². The summed E-state index contributed by atoms with van der Waals surface area (Å²) in [5.74, 6) is 1.93. The second-order valence-electron chi connectivity index (χ2n) is 5.10. The Bertz CT molecular complexity index is 327. The van der Waals surface area contributed by atoms with Crippen molar-refractivity contribution in [1.29, 1.82) is 0 Å². The molecule has 1 unspecified atom stereocenters. The van der Waals surface area contributed by atoms with E-state index in [0.29, 0.717) is 17.9 Å². The van der Waals surface area contributed by atoms with Crippen LogP contribution in [0.2, 0.25) is 0 Å². The molecule has 0 saturated heterocycles. The van der Waals surface area contributed by atoms with E-state index in [1.807, 2.05) is 21.1 Å². The molecule has 1 N–H and O–H groups in total. The van der Waals surface area contributed by atoms with Crippen molar-refractivity contribution in [2.75, 3.05) is 21.1 Å². The van der Waals surface area contributed by atoms with Crippen molar-refractivity contribution in [3.8, 4) is 0 Å². The number of rotatable bonds is 6. The summed E-state index contributed by atoms with van der Waals surface area (Å²) in [6, 6.07) is 0.540. The third-order valence-corrected chi connectivity index (χ3v) is 2.91. The lowest BCUT2D eigenvalue weighted by atomic mass is 10.0. The zero-order valence-electron chi connectivity index (χ0n) is 11.7. The second kappa shape index (κ2) is 6.12. The van der Waals surface area contributed by atoms with Gasteiger partial charge in [0.05, 0.1) is 6.04 Å². The molecular weight excluding hydrogens is 216 g/mol. The standard InChI is InChI=1S/C12H24N4O/c1-8(2)11(16(5)6)12-14-10(15-17-12)7-9(3)13-4/h8-9,11,13H,7H2,1-6H3/t9?,11-/m0/s1. The molecule has 0 aliphatic heterocycles. The van der Waals surface area contributed by atoms with Gasteiger partial charge in [-0.05, 0) is 34.0 Å². The number of nitrogens with one attached hydrogen (secondary N) is 1. The van der Waals surface area contributed by atoms with Crippen LogP contribution in [0.5, 0.6) is 0 Å². The molecule has 5 nitrogen and oxygen atoms in total. The molecule has 0 aromatic carbocycles. The molecule has 0 aliphatic carbocycles. The van der Waals surface area contributed by atoms with Crippen LogP contribution in [-0.4, -0.2) is 42.2 Å². The van der Waals surface area contributed by atoms with Gasteiger partial charge < -0.3 is 9.84 Å². The predicted octanol–water partition coefficient (Wildman–Crippen LogP) is 1.48. The SMILES string of the molecule is CNC(C)Cc1noc([C@H](C(C)C)N(C)C)n1. The molecule has 1 heterocycles. The highest BCUT2D eigenvalue weighted by molar-refractivity contribution is 4.95. The minimum absolute atomic E-state index is 0.182. The first-order valence-electron chi connectivity index (χ1n) is 6.11. The van der Waals surface area contributed by atoms with Crippen molar-refractivity contribution in [2.45, 2.75) is 39.3 Å². The van der Waals surface area contributed by atoms with Gasteiger partial charge in [0.1, 0.15) is 0 Å². The van der Waals surface area contributed by atoms with E-state index in [2.05, 4.69) is 41.1 Å². The minimum atomic E-state index is 0.182. The van der Waals surface area contributed by atoms with Gasteiger partial charge in [0, 0.05) is 12.5 Å². The predicted molar refractivity (Wildman–Crippen MR) is 67.8 cm³/mol. The highest BCUT2D eigenvalue weighted by Crippen LogP contribution is 2.24. The Balaban J connectivity index is 2.78. The fourth-order valence-corrected chi connectivity index (χ4v) is 1.95. The Labute approximate surface area is 104 Å². The number of nitrogens with zero attached hydrogens (tertiary/aromatic N) is 3. The maximum atomic E-state index is 5.36. The topological polar surface area (TPSA) is 54.2 Å². The number of hydrogen-bond donors (Lipinski definition) is 1. The summed E-state index contributed by atoms with van der Waals surface area (Å²) in [6.45, 7) is 6.41. The van der Waals surface area contributed by atoms with E-state index in [4.69, 9.17) is 4.52 Å². The Morgan fingerprint density at radius 3 is 2.41 bits per heavy atom. The number of aromatic nitrogens is 2. The van der Waals surface area contributed by atoms with Gasteiger partial charge in [-0.3, -0.25) is 4.90 Å². The first-order valence-corrected chi connectivity index (χ1v) is 6.11. The zero-order valence-corrected chi connectivity index (χ0v) is 11.7. The molecule has 0 fully saturated rings. The molecule has 17 heavy (non-hydrogen) atoms. The van der Waals surface area contributed by atoms with E-state index in [0.717, 1.165) is 12.2 Å². The molecule has 1 rings (SSSR count). The quantitative estimate of drug-likeness (QED) is 0.816. The van der Waals surface area contributed by atoms with Gasteiger partial charge in [-0.1, -0.05) is 19.0 Å². The van der Waals surface area contributed by atoms with Crippen LogP contribution in [0.1, 0.15) is 38.5 Å². The number of hydrogen-bond acceptors (Lipinski definition) is 5. The Morgan fingerprint density at radius 1 is 1.29 bits per heavy atom. The normalized spacial score (nSPS) is 15.5. The van der Waals surface area contributed by atoms with Crippen LogP contribution in [-0.2, 0) is 6.42 Å². The number of likely N-dealkylation sites (N-methyl/N-ethyl adjacent to an activating group) is 1. The highest BCUT2D eigenvalue weighted by Gasteiger charge is 2.24. The lowest BCUT2D eigenvalue weighted by Gasteiger charge is -2.23. The zero-order chi connectivity index (χ0) is 13.0. The summed E-state index contributed by atoms with van der Waals surface area (Å²) in [5.41, 5.74) is 0. The van der Waals surface area contributed by atoms with Crippen molar-refractivity contribution in [3.05, 3.63) is 11.7 Å². The van der Waals surface area contributed by atoms with E-state index in [9.17, 15) is 0 Å². The Kier molecular flexibility index (Phi) is 5.08. The smallest absolute Gasteiger partial charge is 0.244 e. The molecule has 0 saturated carbocycles. The lowest BCUT2D eigenvalue weighted by Crippen LogP contribution is -2.25. The second-order valence-corrected chi connectivity index (χ2v) is 5.10. The van der Waals surface area contributed by atoms with Gasteiger partial charge in [-0.25, -0.2) is 0 Å². The average Bonchev–Trinajstić information content (AvgIpc) is 2.64. The first-order chi connectivity index (χ1) is 7.95. The molecule has 0 amide bonds. The van der Waals surface area contributed by atoms with Gasteiger partial charge in [0.25, 0.3) is 0 Å². The Morgan fingerprint density at radius 2 is 1.94 bits per heavy atom. The monoisotopic (exact) mass is 240 g/mol. The average molecular weight is 240 g/mol. The molecule has 2 atom stereocenters. The minimum Gasteiger partial charge on any atom is -0.338 e. The molecule has 0 radical (unpaired) electrons. The molecule has 5 heteroatoms. The summed E-state index contributed by atoms with van der Waals surface area (Å²) in [4.78, 5) is 6.60. The molecular formula is C12H24N4O. The van der Waals surface area contributed by atoms with Gasteiger partial charge in [-0.15, -0.1) is 0 Å². The van der Waals surface area contributed by atoms with Crippen LogP contribution >= 0.6 is 0 Å². The maximum absolute atomic E-state index is 5.36. The summed E-state index contributed by atoms with van der Waals surface area (Å²) in [6.07, 6.45) is 0.790. The largest absolute Gasteiger partial charge is 0.338 e. The lowest BCUT2D eigenvalue weighted by molar-refractivity contribution is 0.181. The van der Waals surface area contributed by atoms with Crippen molar-refractivity contribution in [3.63, 3.8) is 0 Å². The van der Waals surface area contributed by atoms with E-state index in [1.54, 1.807) is 0 Å². The summed E-state index contributed by atoms with van der Waals surface area (Å²) in [7, 11) is 6.00. The van der Waals surface area contributed by atoms with E-state index in [1.165, 1.54) is 0 Å². The highest BCUT2D eigenvalue weighted by atomic mass is 16.5. The molecule has 1 aromatic rings. The maximum Gasteiger partial charge on any atom is 0.244 e. The fraction of sp³-hybridized carbons (Fsp3) is 0.833. The van der Waals surface area contributed by atoms with E-state index >= 15 is 0 Å². The molecule has 1 aromatic heterocycles. The van der Waals surface area contributed by atoms with Gasteiger partial charge in [0.15, 0.2) is 5.82 Å². The summed E-state index contributed by atoms with van der Waals surface area (Å²) < 4.78 is 5.36. The molecule has 0 aliphatic rings. The van der Waals surface area contributed by atoms with Crippen LogP contribution in [0.3, 0.4) is 0 Å². The van der Waals surface area contributed by atoms with Crippen molar-refractivity contribution in [1.82, 2.24) is 20.4 Å². The van der Waals surface area contributed by atoms with Gasteiger partial charge in [-0.2, -0.15) is 4.98 Å². The Hall–Kier alpha value is -0.940. The third-order valence-electron chi connectivity index (χ3n) is 2.91. The third kappa shape index (κ3) is 3.78. The van der Waals surface area contributed by atoms with E-state index < -0.39 is 0 Å². The van der Waals surface area contributed by atoms with Crippen LogP contribution in [0.15, 0.2) is 4.52 Å². The van der Waals surface area contributed by atoms with Crippen molar-refractivity contribution in [2.24, 2.45) is 5.92 Å². The van der Waals surface area contributed by atoms with Crippen LogP contribution < -0.4 is 5.32 Å². The molecule has 0 bridgehead atoms. The summed E-state index contributed by atoms with van der Waals surface area (Å²) in [5, 5.41) is 7.20. The van der Waals surface area contributed by atoms with Crippen LogP contribution in [0.25, 0.3) is 0 Å². The van der Waals surface area contributed by atoms with E-state index in [-0.39, 0.29) is 6.04 Å². The summed E-state index contributed by atoms with van der Waals surface area (Å²) >= 11 is 0. The van der Waals surface area contributed by atoms with Crippen LogP contribution in [0.4, 0.5) is 0 Å². The molecule has 98 valence electrons. The van der Waals surface area contributed by atoms with Crippen molar-refractivity contribution >= 4 is 0 Å². The molecule has 0 spiro atoms. The van der Waals surface area contributed by atoms with Crippen LogP contribution in [0, 0.1) is 5.92 Å².